The SMILES string of the molecule is CCCCCCCCCCCC(O)CC(=O)NC(C)CCCNCCCCCC=O. The van der Waals surface area contributed by atoms with Crippen LogP contribution in [0, 0.1) is 0 Å². The largest absolute Gasteiger partial charge is 0.393 e. The Morgan fingerprint density at radius 1 is 0.833 bits per heavy atom. The molecule has 0 aliphatic heterocycles. The Morgan fingerprint density at radius 3 is 2.10 bits per heavy atom. The second-order valence-electron chi connectivity index (χ2n) is 8.85. The first-order chi connectivity index (χ1) is 14.6. The maximum atomic E-state index is 12.1. The third-order valence-electron chi connectivity index (χ3n) is 5.64. The van der Waals surface area contributed by atoms with Gasteiger partial charge in [-0.3, -0.25) is 4.79 Å². The molecule has 0 radical (unpaired) electrons. The first kappa shape index (κ1) is 29.1. The molecule has 2 unspecified atom stereocenters. The quantitative estimate of drug-likeness (QED) is 0.153. The van der Waals surface area contributed by atoms with Crippen LogP contribution in [0.2, 0.25) is 0 Å². The molecular formula is C25H50N2O3. The molecular weight excluding hydrogens is 376 g/mol. The van der Waals surface area contributed by atoms with Gasteiger partial charge in [-0.1, -0.05) is 71.1 Å². The molecule has 5 heteroatoms. The van der Waals surface area contributed by atoms with E-state index in [9.17, 15) is 14.7 Å². The van der Waals surface area contributed by atoms with Crippen molar-refractivity contribution in [3.8, 4) is 0 Å². The van der Waals surface area contributed by atoms with Gasteiger partial charge in [-0.2, -0.15) is 0 Å². The third-order valence-corrected chi connectivity index (χ3v) is 5.64. The summed E-state index contributed by atoms with van der Waals surface area (Å²) in [6, 6.07) is 0.145. The van der Waals surface area contributed by atoms with Crippen LogP contribution in [0.5, 0.6) is 0 Å². The molecule has 0 aromatic heterocycles. The molecule has 178 valence electrons. The molecule has 0 aliphatic rings. The average Bonchev–Trinajstić information content (AvgIpc) is 2.71. The fraction of sp³-hybridized carbons (Fsp3) is 0.920. The summed E-state index contributed by atoms with van der Waals surface area (Å²) in [6.45, 7) is 6.22. The van der Waals surface area contributed by atoms with E-state index in [0.29, 0.717) is 6.42 Å². The summed E-state index contributed by atoms with van der Waals surface area (Å²) in [5, 5.41) is 16.5. The fourth-order valence-corrected chi connectivity index (χ4v) is 3.73. The maximum Gasteiger partial charge on any atom is 0.222 e. The van der Waals surface area contributed by atoms with Gasteiger partial charge in [0, 0.05) is 12.5 Å². The van der Waals surface area contributed by atoms with Crippen molar-refractivity contribution in [3.05, 3.63) is 0 Å². The summed E-state index contributed by atoms with van der Waals surface area (Å²) in [7, 11) is 0. The molecule has 30 heavy (non-hydrogen) atoms. The number of hydrogen-bond donors (Lipinski definition) is 3. The van der Waals surface area contributed by atoms with E-state index in [0.717, 1.165) is 70.7 Å². The van der Waals surface area contributed by atoms with Crippen LogP contribution < -0.4 is 10.6 Å². The lowest BCUT2D eigenvalue weighted by Crippen LogP contribution is -2.35. The summed E-state index contributed by atoms with van der Waals surface area (Å²) in [5.74, 6) is -0.0333. The van der Waals surface area contributed by atoms with Crippen LogP contribution in [0.25, 0.3) is 0 Å². The van der Waals surface area contributed by atoms with Crippen molar-refractivity contribution in [2.24, 2.45) is 0 Å². The van der Waals surface area contributed by atoms with Gasteiger partial charge < -0.3 is 20.5 Å². The number of aliphatic hydroxyl groups is 1. The highest BCUT2D eigenvalue weighted by Gasteiger charge is 2.12. The number of amides is 1. The monoisotopic (exact) mass is 426 g/mol. The zero-order valence-corrected chi connectivity index (χ0v) is 19.9. The number of aldehydes is 1. The molecule has 2 atom stereocenters. The van der Waals surface area contributed by atoms with Crippen molar-refractivity contribution in [1.29, 1.82) is 0 Å². The summed E-state index contributed by atoms with van der Waals surface area (Å²) < 4.78 is 0. The van der Waals surface area contributed by atoms with E-state index in [4.69, 9.17) is 0 Å². The number of nitrogens with one attached hydrogen (secondary N) is 2. The van der Waals surface area contributed by atoms with Gasteiger partial charge in [0.15, 0.2) is 0 Å². The molecule has 0 aliphatic carbocycles. The van der Waals surface area contributed by atoms with Crippen molar-refractivity contribution in [2.45, 2.75) is 135 Å². The number of carbonyl (C=O) groups excluding carboxylic acids is 2. The summed E-state index contributed by atoms with van der Waals surface area (Å²) in [5.41, 5.74) is 0. The summed E-state index contributed by atoms with van der Waals surface area (Å²) in [6.07, 6.45) is 18.7. The molecule has 0 rings (SSSR count). The Balaban J connectivity index is 3.48. The van der Waals surface area contributed by atoms with Crippen LogP contribution in [0.1, 0.15) is 123 Å². The number of rotatable bonds is 23. The van der Waals surface area contributed by atoms with E-state index in [2.05, 4.69) is 17.6 Å². The average molecular weight is 427 g/mol. The minimum atomic E-state index is -0.511. The number of aliphatic hydroxyl groups excluding tert-OH is 1. The Kier molecular flexibility index (Phi) is 22.0. The molecule has 3 N–H and O–H groups in total. The standard InChI is InChI=1S/C25H50N2O3/c1-3-4-5-6-7-8-9-10-13-18-24(29)22-25(30)27-23(2)17-16-20-26-19-14-11-12-15-21-28/h21,23-24,26,29H,3-20,22H2,1-2H3,(H,27,30). The Labute approximate surface area is 186 Å². The van der Waals surface area contributed by atoms with Gasteiger partial charge in [-0.15, -0.1) is 0 Å². The van der Waals surface area contributed by atoms with Crippen molar-refractivity contribution in [2.75, 3.05) is 13.1 Å². The predicted molar refractivity (Wildman–Crippen MR) is 127 cm³/mol. The maximum absolute atomic E-state index is 12.1. The van der Waals surface area contributed by atoms with Crippen molar-refractivity contribution in [3.63, 3.8) is 0 Å². The first-order valence-electron chi connectivity index (χ1n) is 12.7. The van der Waals surface area contributed by atoms with E-state index in [-0.39, 0.29) is 18.4 Å². The van der Waals surface area contributed by atoms with E-state index >= 15 is 0 Å². The van der Waals surface area contributed by atoms with Gasteiger partial charge in [0.2, 0.25) is 5.91 Å². The number of hydrogen-bond acceptors (Lipinski definition) is 4. The summed E-state index contributed by atoms with van der Waals surface area (Å²) >= 11 is 0. The van der Waals surface area contributed by atoms with Gasteiger partial charge in [0.05, 0.1) is 12.5 Å². The van der Waals surface area contributed by atoms with Crippen LogP contribution in [0.15, 0.2) is 0 Å². The van der Waals surface area contributed by atoms with E-state index in [1.54, 1.807) is 0 Å². The summed E-state index contributed by atoms with van der Waals surface area (Å²) in [4.78, 5) is 22.3. The van der Waals surface area contributed by atoms with E-state index in [1.807, 2.05) is 6.92 Å². The highest BCUT2D eigenvalue weighted by atomic mass is 16.3. The molecule has 0 heterocycles. The van der Waals surface area contributed by atoms with Gasteiger partial charge in [-0.05, 0) is 52.1 Å². The molecule has 5 nitrogen and oxygen atoms in total. The second-order valence-corrected chi connectivity index (χ2v) is 8.85. The topological polar surface area (TPSA) is 78.4 Å². The van der Waals surface area contributed by atoms with Crippen molar-refractivity contribution >= 4 is 12.2 Å². The molecule has 1 amide bonds. The molecule has 0 fully saturated rings. The predicted octanol–water partition coefficient (Wildman–Crippen LogP) is 5.29. The van der Waals surface area contributed by atoms with Crippen LogP contribution in [-0.2, 0) is 9.59 Å². The Bertz CT molecular complexity index is 391. The van der Waals surface area contributed by atoms with Crippen molar-refractivity contribution in [1.82, 2.24) is 10.6 Å². The van der Waals surface area contributed by atoms with Crippen LogP contribution in [0.3, 0.4) is 0 Å². The minimum Gasteiger partial charge on any atom is -0.393 e. The fourth-order valence-electron chi connectivity index (χ4n) is 3.73. The van der Waals surface area contributed by atoms with Gasteiger partial charge >= 0.3 is 0 Å². The molecule has 0 aromatic rings. The molecule has 0 saturated heterocycles. The van der Waals surface area contributed by atoms with Gasteiger partial charge in [0.25, 0.3) is 0 Å². The normalized spacial score (nSPS) is 13.2. The highest BCUT2D eigenvalue weighted by molar-refractivity contribution is 5.76. The molecule has 0 spiro atoms. The smallest absolute Gasteiger partial charge is 0.222 e. The molecule has 0 saturated carbocycles. The molecule has 0 bridgehead atoms. The molecule has 0 aromatic carbocycles. The Hall–Kier alpha value is -0.940. The van der Waals surface area contributed by atoms with Crippen LogP contribution >= 0.6 is 0 Å². The zero-order chi connectivity index (χ0) is 22.3. The van der Waals surface area contributed by atoms with Crippen LogP contribution in [0.4, 0.5) is 0 Å². The highest BCUT2D eigenvalue weighted by Crippen LogP contribution is 2.12. The van der Waals surface area contributed by atoms with Crippen molar-refractivity contribution < 1.29 is 14.7 Å². The first-order valence-corrected chi connectivity index (χ1v) is 12.7. The number of carbonyl (C=O) groups is 2. The van der Waals surface area contributed by atoms with E-state index in [1.165, 1.54) is 44.9 Å². The lowest BCUT2D eigenvalue weighted by molar-refractivity contribution is -0.123. The third kappa shape index (κ3) is 21.8. The minimum absolute atomic E-state index is 0.0333. The lowest BCUT2D eigenvalue weighted by atomic mass is 10.0. The van der Waals surface area contributed by atoms with Gasteiger partial charge in [0.1, 0.15) is 6.29 Å². The zero-order valence-electron chi connectivity index (χ0n) is 19.9. The van der Waals surface area contributed by atoms with E-state index < -0.39 is 6.10 Å². The second kappa shape index (κ2) is 22.7. The number of unbranched alkanes of at least 4 members (excludes halogenated alkanes) is 11. The van der Waals surface area contributed by atoms with Crippen LogP contribution in [-0.4, -0.2) is 42.5 Å². The Morgan fingerprint density at radius 2 is 1.43 bits per heavy atom. The lowest BCUT2D eigenvalue weighted by Gasteiger charge is -2.16. The van der Waals surface area contributed by atoms with Gasteiger partial charge in [-0.25, -0.2) is 0 Å².